The van der Waals surface area contributed by atoms with E-state index in [0.717, 1.165) is 12.2 Å². The molecule has 1 atom stereocenters. The van der Waals surface area contributed by atoms with Crippen LogP contribution in [-0.2, 0) is 14.2 Å². The minimum Gasteiger partial charge on any atom is -0.502 e. The van der Waals surface area contributed by atoms with E-state index in [1.165, 1.54) is 218 Å². The summed E-state index contributed by atoms with van der Waals surface area (Å²) in [5.74, 6) is 1.99. The van der Waals surface area contributed by atoms with E-state index >= 15 is 0 Å². The fourth-order valence-electron chi connectivity index (χ4n) is 7.24. The summed E-state index contributed by atoms with van der Waals surface area (Å²) in [5, 5.41) is 3.31. The highest BCUT2D eigenvalue weighted by Crippen LogP contribution is 2.22. The van der Waals surface area contributed by atoms with Gasteiger partial charge in [0.05, 0.1) is 25.1 Å². The molecule has 0 aromatic carbocycles. The van der Waals surface area contributed by atoms with Gasteiger partial charge >= 0.3 is 6.09 Å². The van der Waals surface area contributed by atoms with Crippen molar-refractivity contribution in [1.29, 1.82) is 0 Å². The van der Waals surface area contributed by atoms with Gasteiger partial charge in [-0.05, 0) is 45.4 Å². The summed E-state index contributed by atoms with van der Waals surface area (Å²) in [6, 6.07) is 0. The van der Waals surface area contributed by atoms with Crippen molar-refractivity contribution >= 4 is 17.9 Å². The lowest BCUT2D eigenvalue weighted by atomic mass is 10.0. The molecule has 5 nitrogen and oxygen atoms in total. The molecular weight excluding hydrogens is 699 g/mol. The van der Waals surface area contributed by atoms with E-state index in [1.807, 2.05) is 38.6 Å². The Morgan fingerprint density at radius 3 is 1.33 bits per heavy atom. The van der Waals surface area contributed by atoms with Gasteiger partial charge in [-0.1, -0.05) is 219 Å². The van der Waals surface area contributed by atoms with Crippen molar-refractivity contribution < 1.29 is 19.0 Å². The summed E-state index contributed by atoms with van der Waals surface area (Å²) in [6.45, 7) is 11.8. The number of methoxy groups -OCH3 is 1. The fourth-order valence-corrected chi connectivity index (χ4v) is 8.44. The maximum absolute atomic E-state index is 12.7. The minimum atomic E-state index is -0.488. The molecule has 55 heavy (non-hydrogen) atoms. The number of thioether (sulfide) groups is 1. The molecule has 0 aliphatic heterocycles. The van der Waals surface area contributed by atoms with E-state index in [2.05, 4.69) is 19.2 Å². The van der Waals surface area contributed by atoms with Crippen LogP contribution in [0.4, 0.5) is 4.79 Å². The second-order valence-corrected chi connectivity index (χ2v) is 18.7. The average Bonchev–Trinajstić information content (AvgIpc) is 3.18. The highest BCUT2D eigenvalue weighted by Gasteiger charge is 2.20. The zero-order valence-electron chi connectivity index (χ0n) is 38.1. The molecule has 0 fully saturated rings. The highest BCUT2D eigenvalue weighted by atomic mass is 32.2. The maximum atomic E-state index is 12.7. The SMILES string of the molecule is CCCCCCCCCCCCCCCCCCCC(COC(=O)NCC(C)(C)OC/C=C(/C)OC)SCCCCCCCCCCCCCCCCCC. The lowest BCUT2D eigenvalue weighted by Crippen LogP contribution is -2.41. The van der Waals surface area contributed by atoms with Crippen molar-refractivity contribution in [3.63, 3.8) is 0 Å². The Bertz CT molecular complexity index is 781. The first-order chi connectivity index (χ1) is 26.8. The molecule has 0 spiro atoms. The molecule has 0 aromatic heterocycles. The lowest BCUT2D eigenvalue weighted by Gasteiger charge is -2.25. The Kier molecular flexibility index (Phi) is 42.0. The summed E-state index contributed by atoms with van der Waals surface area (Å²) < 4.78 is 16.9. The summed E-state index contributed by atoms with van der Waals surface area (Å²) in [6.07, 6.45) is 48.9. The van der Waals surface area contributed by atoms with E-state index in [1.54, 1.807) is 7.11 Å². The van der Waals surface area contributed by atoms with Crippen LogP contribution in [0.5, 0.6) is 0 Å². The van der Waals surface area contributed by atoms with Crippen LogP contribution in [0.3, 0.4) is 0 Å². The molecule has 0 heterocycles. The van der Waals surface area contributed by atoms with E-state index in [9.17, 15) is 4.79 Å². The molecule has 0 saturated carbocycles. The Morgan fingerprint density at radius 2 is 0.945 bits per heavy atom. The number of hydrogen-bond acceptors (Lipinski definition) is 5. The van der Waals surface area contributed by atoms with Gasteiger partial charge in [0, 0.05) is 11.8 Å². The zero-order chi connectivity index (χ0) is 40.3. The number of unbranched alkanes of at least 4 members (excludes halogenated alkanes) is 31. The molecule has 0 rings (SSSR count). The number of hydrogen-bond donors (Lipinski definition) is 1. The van der Waals surface area contributed by atoms with Crippen molar-refractivity contribution in [2.24, 2.45) is 0 Å². The normalized spacial score (nSPS) is 12.7. The monoisotopic (exact) mass is 796 g/mol. The first-order valence-electron chi connectivity index (χ1n) is 24.2. The van der Waals surface area contributed by atoms with Crippen LogP contribution in [0.1, 0.15) is 253 Å². The lowest BCUT2D eigenvalue weighted by molar-refractivity contribution is -0.00110. The largest absolute Gasteiger partial charge is 0.502 e. The van der Waals surface area contributed by atoms with Crippen LogP contribution in [0.15, 0.2) is 11.8 Å². The van der Waals surface area contributed by atoms with Gasteiger partial charge in [-0.2, -0.15) is 11.8 Å². The van der Waals surface area contributed by atoms with Crippen molar-refractivity contribution in [3.05, 3.63) is 11.8 Å². The first kappa shape index (κ1) is 54.1. The van der Waals surface area contributed by atoms with Crippen LogP contribution in [0, 0.1) is 0 Å². The molecule has 0 bridgehead atoms. The third kappa shape index (κ3) is 42.5. The molecule has 328 valence electrons. The number of amides is 1. The maximum Gasteiger partial charge on any atom is 0.407 e. The third-order valence-corrected chi connectivity index (χ3v) is 12.6. The molecule has 1 N–H and O–H groups in total. The van der Waals surface area contributed by atoms with Gasteiger partial charge in [-0.25, -0.2) is 4.79 Å². The summed E-state index contributed by atoms with van der Waals surface area (Å²) in [7, 11) is 1.65. The van der Waals surface area contributed by atoms with Gasteiger partial charge in [0.25, 0.3) is 0 Å². The van der Waals surface area contributed by atoms with Gasteiger partial charge in [-0.3, -0.25) is 0 Å². The Morgan fingerprint density at radius 1 is 0.582 bits per heavy atom. The molecule has 0 aromatic rings. The Labute approximate surface area is 349 Å². The van der Waals surface area contributed by atoms with Gasteiger partial charge in [0.2, 0.25) is 0 Å². The summed E-state index contributed by atoms with van der Waals surface area (Å²) in [4.78, 5) is 12.7. The number of nitrogens with one attached hydrogen (secondary N) is 1. The van der Waals surface area contributed by atoms with Crippen molar-refractivity contribution in [2.45, 2.75) is 264 Å². The van der Waals surface area contributed by atoms with Crippen LogP contribution >= 0.6 is 11.8 Å². The third-order valence-electron chi connectivity index (χ3n) is 11.2. The Balaban J connectivity index is 4.21. The second kappa shape index (κ2) is 42.7. The van der Waals surface area contributed by atoms with E-state index in [4.69, 9.17) is 14.2 Å². The van der Waals surface area contributed by atoms with Crippen molar-refractivity contribution in [3.8, 4) is 0 Å². The van der Waals surface area contributed by atoms with Gasteiger partial charge in [0.15, 0.2) is 0 Å². The molecular formula is C49H97NO4S. The van der Waals surface area contributed by atoms with Crippen molar-refractivity contribution in [2.75, 3.05) is 32.6 Å². The standard InChI is InChI=1S/C49H97NO4S/c1-7-9-11-13-15-17-19-21-23-25-26-28-30-32-34-36-38-40-47(44-53-48(51)50-45-49(4,5)54-42-41-46(3)52-6)55-43-39-37-35-33-31-29-27-24-22-20-18-16-14-12-10-8-2/h41,47H,7-40,42-45H2,1-6H3,(H,50,51)/b46-41-. The first-order valence-corrected chi connectivity index (χ1v) is 25.3. The predicted octanol–water partition coefficient (Wildman–Crippen LogP) is 16.5. The van der Waals surface area contributed by atoms with E-state index < -0.39 is 5.60 Å². The number of allylic oxidation sites excluding steroid dienone is 1. The molecule has 6 heteroatoms. The van der Waals surface area contributed by atoms with Crippen LogP contribution in [0.2, 0.25) is 0 Å². The highest BCUT2D eigenvalue weighted by molar-refractivity contribution is 7.99. The van der Waals surface area contributed by atoms with Gasteiger partial charge in [0.1, 0.15) is 6.61 Å². The van der Waals surface area contributed by atoms with Crippen molar-refractivity contribution in [1.82, 2.24) is 5.32 Å². The zero-order valence-corrected chi connectivity index (χ0v) is 38.9. The Hall–Kier alpha value is -0.880. The number of carbonyl (C=O) groups is 1. The van der Waals surface area contributed by atoms with Crippen LogP contribution in [0.25, 0.3) is 0 Å². The van der Waals surface area contributed by atoms with E-state index in [-0.39, 0.29) is 6.09 Å². The van der Waals surface area contributed by atoms with Gasteiger partial charge in [-0.15, -0.1) is 0 Å². The summed E-state index contributed by atoms with van der Waals surface area (Å²) >= 11 is 2.03. The van der Waals surface area contributed by atoms with Gasteiger partial charge < -0.3 is 19.5 Å². The van der Waals surface area contributed by atoms with Crippen LogP contribution in [-0.4, -0.2) is 49.6 Å². The summed E-state index contributed by atoms with van der Waals surface area (Å²) in [5.41, 5.74) is -0.488. The average molecular weight is 796 g/mol. The minimum absolute atomic E-state index is 0.337. The number of rotatable bonds is 44. The predicted molar refractivity (Wildman–Crippen MR) is 245 cm³/mol. The number of carbonyl (C=O) groups excluding carboxylic acids is 1. The molecule has 0 radical (unpaired) electrons. The number of alkyl carbamates (subject to hydrolysis) is 1. The van der Waals surface area contributed by atoms with Crippen LogP contribution < -0.4 is 5.32 Å². The molecule has 1 unspecified atom stereocenters. The second-order valence-electron chi connectivity index (χ2n) is 17.3. The smallest absolute Gasteiger partial charge is 0.407 e. The fraction of sp³-hybridized carbons (Fsp3) is 0.939. The molecule has 0 saturated heterocycles. The molecule has 0 aliphatic carbocycles. The topological polar surface area (TPSA) is 56.8 Å². The quantitative estimate of drug-likeness (QED) is 0.0492. The molecule has 1 amide bonds. The van der Waals surface area contributed by atoms with E-state index in [0.29, 0.717) is 25.0 Å². The molecule has 0 aliphatic rings. The number of ether oxygens (including phenoxy) is 3.